The Kier molecular flexibility index (Phi) is 4.51. The van der Waals surface area contributed by atoms with E-state index in [2.05, 4.69) is 21.2 Å². The van der Waals surface area contributed by atoms with Crippen molar-refractivity contribution in [3.8, 4) is 5.75 Å². The maximum absolute atomic E-state index is 12.1. The summed E-state index contributed by atoms with van der Waals surface area (Å²) in [6.45, 7) is 0. The molecule has 0 aliphatic heterocycles. The Balaban J connectivity index is 2.07. The second kappa shape index (κ2) is 5.93. The second-order valence-electron chi connectivity index (χ2n) is 4.59. The number of carbonyl (C=O) groups is 1. The van der Waals surface area contributed by atoms with E-state index in [9.17, 15) is 9.90 Å². The molecule has 0 saturated heterocycles. The fourth-order valence-electron chi connectivity index (χ4n) is 2.35. The van der Waals surface area contributed by atoms with E-state index < -0.39 is 0 Å². The summed E-state index contributed by atoms with van der Waals surface area (Å²) >= 11 is 9.12. The molecule has 1 aliphatic carbocycles. The van der Waals surface area contributed by atoms with Gasteiger partial charge in [-0.25, -0.2) is 0 Å². The van der Waals surface area contributed by atoms with E-state index in [0.717, 1.165) is 23.7 Å². The van der Waals surface area contributed by atoms with Crippen LogP contribution >= 0.6 is 27.5 Å². The monoisotopic (exact) mass is 331 g/mol. The van der Waals surface area contributed by atoms with Gasteiger partial charge in [0.1, 0.15) is 5.75 Å². The van der Waals surface area contributed by atoms with Gasteiger partial charge in [0.25, 0.3) is 5.91 Å². The Morgan fingerprint density at radius 2 is 2.28 bits per heavy atom. The molecule has 18 heavy (non-hydrogen) atoms. The van der Waals surface area contributed by atoms with Gasteiger partial charge < -0.3 is 10.4 Å². The number of benzene rings is 1. The highest BCUT2D eigenvalue weighted by atomic mass is 79.9. The van der Waals surface area contributed by atoms with E-state index in [1.54, 1.807) is 12.1 Å². The molecule has 1 aromatic rings. The average Bonchev–Trinajstić information content (AvgIpc) is 2.76. The number of carbonyl (C=O) groups excluding carboxylic acids is 1. The van der Waals surface area contributed by atoms with E-state index in [1.165, 1.54) is 6.07 Å². The highest BCUT2D eigenvalue weighted by Crippen LogP contribution is 2.28. The molecule has 5 heteroatoms. The predicted molar refractivity (Wildman–Crippen MR) is 75.1 cm³/mol. The summed E-state index contributed by atoms with van der Waals surface area (Å²) in [5, 5.41) is 12.7. The first-order valence-electron chi connectivity index (χ1n) is 5.97. The maximum Gasteiger partial charge on any atom is 0.255 e. The Morgan fingerprint density at radius 1 is 1.50 bits per heavy atom. The van der Waals surface area contributed by atoms with Crippen LogP contribution in [0.25, 0.3) is 0 Å². The molecule has 98 valence electrons. The third kappa shape index (κ3) is 2.98. The Hall–Kier alpha value is -0.740. The Labute approximate surface area is 120 Å². The van der Waals surface area contributed by atoms with E-state index in [4.69, 9.17) is 11.6 Å². The van der Waals surface area contributed by atoms with Crippen molar-refractivity contribution in [2.75, 3.05) is 5.88 Å². The van der Waals surface area contributed by atoms with Crippen LogP contribution in [0, 0.1) is 5.92 Å². The molecule has 3 nitrogen and oxygen atoms in total. The van der Waals surface area contributed by atoms with E-state index in [0.29, 0.717) is 17.4 Å². The number of nitrogens with one attached hydrogen (secondary N) is 1. The molecule has 0 bridgehead atoms. The summed E-state index contributed by atoms with van der Waals surface area (Å²) in [4.78, 5) is 12.1. The van der Waals surface area contributed by atoms with Gasteiger partial charge in [0.05, 0.1) is 5.56 Å². The van der Waals surface area contributed by atoms with Crippen LogP contribution < -0.4 is 5.32 Å². The summed E-state index contributed by atoms with van der Waals surface area (Å²) in [5.41, 5.74) is 0.304. The quantitative estimate of drug-likeness (QED) is 0.835. The van der Waals surface area contributed by atoms with Gasteiger partial charge in [-0.15, -0.1) is 11.6 Å². The van der Waals surface area contributed by atoms with Crippen LogP contribution in [0.4, 0.5) is 0 Å². The van der Waals surface area contributed by atoms with Crippen LogP contribution in [-0.4, -0.2) is 22.9 Å². The number of halogens is 2. The number of phenols is 1. The number of hydrogen-bond acceptors (Lipinski definition) is 2. The van der Waals surface area contributed by atoms with Gasteiger partial charge in [0, 0.05) is 16.4 Å². The SMILES string of the molecule is O=C(NC1CCCC1CCl)c1ccc(Br)cc1O. The number of amides is 1. The zero-order chi connectivity index (χ0) is 13.1. The normalized spacial score (nSPS) is 23.0. The Bertz CT molecular complexity index is 453. The van der Waals surface area contributed by atoms with E-state index >= 15 is 0 Å². The molecule has 2 N–H and O–H groups in total. The van der Waals surface area contributed by atoms with Crippen LogP contribution in [-0.2, 0) is 0 Å². The molecule has 1 aliphatic rings. The maximum atomic E-state index is 12.1. The number of phenolic OH excluding ortho intramolecular Hbond substituents is 1. The standard InChI is InChI=1S/C13H15BrClNO2/c14-9-4-5-10(12(17)6-9)13(18)16-11-3-1-2-8(11)7-15/h4-6,8,11,17H,1-3,7H2,(H,16,18). The van der Waals surface area contributed by atoms with Crippen molar-refractivity contribution >= 4 is 33.4 Å². The lowest BCUT2D eigenvalue weighted by atomic mass is 10.1. The van der Waals surface area contributed by atoms with Crippen molar-refractivity contribution in [1.82, 2.24) is 5.32 Å². The van der Waals surface area contributed by atoms with E-state index in [1.807, 2.05) is 0 Å². The molecule has 1 saturated carbocycles. The van der Waals surface area contributed by atoms with Gasteiger partial charge in [0.2, 0.25) is 0 Å². The van der Waals surface area contributed by atoms with E-state index in [-0.39, 0.29) is 17.7 Å². The first-order valence-corrected chi connectivity index (χ1v) is 7.30. The lowest BCUT2D eigenvalue weighted by molar-refractivity contribution is 0.0927. The fourth-order valence-corrected chi connectivity index (χ4v) is 3.07. The fraction of sp³-hybridized carbons (Fsp3) is 0.462. The van der Waals surface area contributed by atoms with Gasteiger partial charge in [-0.2, -0.15) is 0 Å². The van der Waals surface area contributed by atoms with Gasteiger partial charge in [-0.3, -0.25) is 4.79 Å². The first-order chi connectivity index (χ1) is 8.61. The number of alkyl halides is 1. The topological polar surface area (TPSA) is 49.3 Å². The molecule has 1 amide bonds. The molecule has 2 rings (SSSR count). The zero-order valence-electron chi connectivity index (χ0n) is 9.83. The minimum absolute atomic E-state index is 0.0118. The Morgan fingerprint density at radius 3 is 2.94 bits per heavy atom. The number of aromatic hydroxyl groups is 1. The minimum atomic E-state index is -0.234. The number of hydrogen-bond donors (Lipinski definition) is 2. The summed E-state index contributed by atoms with van der Waals surface area (Å²) in [7, 11) is 0. The third-order valence-corrected chi connectivity index (χ3v) is 4.27. The van der Waals surface area contributed by atoms with Crippen LogP contribution in [0.5, 0.6) is 5.75 Å². The third-order valence-electron chi connectivity index (χ3n) is 3.38. The predicted octanol–water partition coefficient (Wildman–Crippen LogP) is 3.29. The van der Waals surface area contributed by atoms with Crippen molar-refractivity contribution in [1.29, 1.82) is 0 Å². The highest BCUT2D eigenvalue weighted by Gasteiger charge is 2.28. The number of rotatable bonds is 3. The van der Waals surface area contributed by atoms with Crippen molar-refractivity contribution in [2.45, 2.75) is 25.3 Å². The van der Waals surface area contributed by atoms with Crippen LogP contribution in [0.1, 0.15) is 29.6 Å². The van der Waals surface area contributed by atoms with Gasteiger partial charge >= 0.3 is 0 Å². The summed E-state index contributed by atoms with van der Waals surface area (Å²) in [6, 6.07) is 4.99. The summed E-state index contributed by atoms with van der Waals surface area (Å²) in [5.74, 6) is 0.662. The van der Waals surface area contributed by atoms with Crippen LogP contribution in [0.3, 0.4) is 0 Å². The molecule has 2 unspecified atom stereocenters. The van der Waals surface area contributed by atoms with Crippen molar-refractivity contribution in [2.24, 2.45) is 5.92 Å². The molecular formula is C13H15BrClNO2. The molecular weight excluding hydrogens is 318 g/mol. The highest BCUT2D eigenvalue weighted by molar-refractivity contribution is 9.10. The molecule has 1 fully saturated rings. The molecule has 0 radical (unpaired) electrons. The average molecular weight is 333 g/mol. The van der Waals surface area contributed by atoms with Crippen molar-refractivity contribution in [3.05, 3.63) is 28.2 Å². The first kappa shape index (κ1) is 13.7. The van der Waals surface area contributed by atoms with Crippen LogP contribution in [0.15, 0.2) is 22.7 Å². The van der Waals surface area contributed by atoms with Crippen molar-refractivity contribution in [3.63, 3.8) is 0 Å². The summed E-state index contributed by atoms with van der Waals surface area (Å²) in [6.07, 6.45) is 3.11. The molecule has 0 aromatic heterocycles. The van der Waals surface area contributed by atoms with Gasteiger partial charge in [-0.1, -0.05) is 22.4 Å². The molecule has 0 heterocycles. The minimum Gasteiger partial charge on any atom is -0.507 e. The lowest BCUT2D eigenvalue weighted by Crippen LogP contribution is -2.37. The molecule has 1 aromatic carbocycles. The second-order valence-corrected chi connectivity index (χ2v) is 5.81. The molecule has 0 spiro atoms. The van der Waals surface area contributed by atoms with Crippen molar-refractivity contribution < 1.29 is 9.90 Å². The zero-order valence-corrected chi connectivity index (χ0v) is 12.2. The van der Waals surface area contributed by atoms with Gasteiger partial charge in [-0.05, 0) is 37.0 Å². The smallest absolute Gasteiger partial charge is 0.255 e. The van der Waals surface area contributed by atoms with Crippen LogP contribution in [0.2, 0.25) is 0 Å². The largest absolute Gasteiger partial charge is 0.507 e. The van der Waals surface area contributed by atoms with Gasteiger partial charge in [0.15, 0.2) is 0 Å². The summed E-state index contributed by atoms with van der Waals surface area (Å²) < 4.78 is 0.746. The molecule has 2 atom stereocenters. The lowest BCUT2D eigenvalue weighted by Gasteiger charge is -2.19.